The van der Waals surface area contributed by atoms with Crippen LogP contribution in [-0.4, -0.2) is 34.0 Å². The van der Waals surface area contributed by atoms with Gasteiger partial charge in [0.15, 0.2) is 5.76 Å². The zero-order chi connectivity index (χ0) is 16.4. The van der Waals surface area contributed by atoms with Gasteiger partial charge in [0.2, 0.25) is 17.6 Å². The third kappa shape index (κ3) is 3.23. The Bertz CT molecular complexity index is 680. The van der Waals surface area contributed by atoms with E-state index in [0.717, 1.165) is 19.0 Å². The number of carbonyl (C=O) groups excluding carboxylic acids is 1. The van der Waals surface area contributed by atoms with Gasteiger partial charge in [-0.05, 0) is 36.8 Å². The van der Waals surface area contributed by atoms with Crippen LogP contribution in [0.3, 0.4) is 0 Å². The van der Waals surface area contributed by atoms with Crippen LogP contribution in [-0.2, 0) is 11.2 Å². The van der Waals surface area contributed by atoms with Crippen molar-refractivity contribution in [2.24, 2.45) is 11.8 Å². The number of furan rings is 1. The summed E-state index contributed by atoms with van der Waals surface area (Å²) in [7, 11) is 0. The summed E-state index contributed by atoms with van der Waals surface area (Å²) in [4.78, 5) is 18.8. The molecular weight excluding hydrogens is 306 g/mol. The van der Waals surface area contributed by atoms with Gasteiger partial charge in [0.1, 0.15) is 0 Å². The fourth-order valence-electron chi connectivity index (χ4n) is 4.06. The number of aryl methyl sites for hydroxylation is 1. The van der Waals surface area contributed by atoms with Crippen molar-refractivity contribution in [3.63, 3.8) is 0 Å². The molecule has 0 bridgehead atoms. The highest BCUT2D eigenvalue weighted by Gasteiger charge is 2.32. The molecule has 6 heteroatoms. The molecule has 0 N–H and O–H groups in total. The van der Waals surface area contributed by atoms with Crippen LogP contribution in [0.2, 0.25) is 0 Å². The Hall–Kier alpha value is -2.11. The molecule has 128 valence electrons. The Labute approximate surface area is 141 Å². The molecule has 4 rings (SSSR count). The fourth-order valence-corrected chi connectivity index (χ4v) is 4.06. The van der Waals surface area contributed by atoms with E-state index in [4.69, 9.17) is 8.94 Å². The molecule has 2 aromatic rings. The summed E-state index contributed by atoms with van der Waals surface area (Å²) < 4.78 is 10.5. The Balaban J connectivity index is 1.30. The maximum atomic E-state index is 12.5. The molecule has 2 fully saturated rings. The topological polar surface area (TPSA) is 72.4 Å². The summed E-state index contributed by atoms with van der Waals surface area (Å²) in [5.41, 5.74) is 0. The van der Waals surface area contributed by atoms with E-state index in [0.29, 0.717) is 36.2 Å². The first-order chi connectivity index (χ1) is 11.8. The van der Waals surface area contributed by atoms with Crippen molar-refractivity contribution in [2.45, 2.75) is 44.9 Å². The van der Waals surface area contributed by atoms with Crippen molar-refractivity contribution in [2.75, 3.05) is 13.1 Å². The number of hydrogen-bond donors (Lipinski definition) is 0. The van der Waals surface area contributed by atoms with Crippen LogP contribution in [0.15, 0.2) is 27.3 Å². The normalized spacial score (nSPS) is 23.9. The Morgan fingerprint density at radius 1 is 1.25 bits per heavy atom. The molecule has 24 heavy (non-hydrogen) atoms. The number of nitrogens with zero attached hydrogens (tertiary/aromatic N) is 3. The van der Waals surface area contributed by atoms with Gasteiger partial charge in [0.05, 0.1) is 6.26 Å². The number of amides is 1. The molecule has 2 aliphatic rings. The molecule has 0 unspecified atom stereocenters. The van der Waals surface area contributed by atoms with Crippen molar-refractivity contribution in [1.82, 2.24) is 15.0 Å². The van der Waals surface area contributed by atoms with Gasteiger partial charge in [-0.1, -0.05) is 24.4 Å². The van der Waals surface area contributed by atoms with Crippen molar-refractivity contribution in [3.05, 3.63) is 24.3 Å². The smallest absolute Gasteiger partial charge is 0.238 e. The predicted molar refractivity (Wildman–Crippen MR) is 87.0 cm³/mol. The molecule has 1 aliphatic carbocycles. The monoisotopic (exact) mass is 329 g/mol. The number of carbonyl (C=O) groups is 1. The lowest BCUT2D eigenvalue weighted by molar-refractivity contribution is -0.134. The minimum atomic E-state index is 0.205. The van der Waals surface area contributed by atoms with Gasteiger partial charge in [-0.2, -0.15) is 4.98 Å². The van der Waals surface area contributed by atoms with E-state index >= 15 is 0 Å². The van der Waals surface area contributed by atoms with Gasteiger partial charge < -0.3 is 13.8 Å². The van der Waals surface area contributed by atoms with E-state index < -0.39 is 0 Å². The Morgan fingerprint density at radius 3 is 2.96 bits per heavy atom. The highest BCUT2D eigenvalue weighted by Crippen LogP contribution is 2.36. The summed E-state index contributed by atoms with van der Waals surface area (Å²) in [6, 6.07) is 3.57. The number of aromatic nitrogens is 2. The zero-order valence-electron chi connectivity index (χ0n) is 13.8. The van der Waals surface area contributed by atoms with Gasteiger partial charge in [-0.3, -0.25) is 4.79 Å². The lowest BCUT2D eigenvalue weighted by Crippen LogP contribution is -2.44. The van der Waals surface area contributed by atoms with Gasteiger partial charge in [-0.25, -0.2) is 0 Å². The molecule has 6 nitrogen and oxygen atoms in total. The van der Waals surface area contributed by atoms with Crippen LogP contribution in [0.1, 0.15) is 44.4 Å². The number of fused-ring (bicyclic) bond motifs is 1. The summed E-state index contributed by atoms with van der Waals surface area (Å²) in [6.45, 7) is 1.84. The highest BCUT2D eigenvalue weighted by molar-refractivity contribution is 5.76. The summed E-state index contributed by atoms with van der Waals surface area (Å²) in [6.07, 6.45) is 8.97. The predicted octanol–water partition coefficient (Wildman–Crippen LogP) is 3.30. The average Bonchev–Trinajstić information content (AvgIpc) is 3.30. The number of piperidine rings is 1. The van der Waals surface area contributed by atoms with Crippen LogP contribution in [0.4, 0.5) is 0 Å². The van der Waals surface area contributed by atoms with E-state index in [-0.39, 0.29) is 5.91 Å². The minimum Gasteiger partial charge on any atom is -0.461 e. The maximum Gasteiger partial charge on any atom is 0.238 e. The molecule has 0 aromatic carbocycles. The molecule has 0 radical (unpaired) electrons. The van der Waals surface area contributed by atoms with Crippen LogP contribution in [0.5, 0.6) is 0 Å². The molecule has 1 aliphatic heterocycles. The molecule has 1 saturated heterocycles. The quantitative estimate of drug-likeness (QED) is 0.860. The van der Waals surface area contributed by atoms with E-state index in [1.807, 2.05) is 4.90 Å². The van der Waals surface area contributed by atoms with E-state index in [1.165, 1.54) is 32.1 Å². The summed E-state index contributed by atoms with van der Waals surface area (Å²) >= 11 is 0. The molecule has 1 amide bonds. The van der Waals surface area contributed by atoms with Crippen molar-refractivity contribution in [1.29, 1.82) is 0 Å². The second-order valence-corrected chi connectivity index (χ2v) is 6.92. The second kappa shape index (κ2) is 6.79. The first-order valence-electron chi connectivity index (χ1n) is 8.94. The molecule has 1 saturated carbocycles. The highest BCUT2D eigenvalue weighted by atomic mass is 16.5. The first-order valence-corrected chi connectivity index (χ1v) is 8.94. The first kappa shape index (κ1) is 15.4. The van der Waals surface area contributed by atoms with Crippen LogP contribution >= 0.6 is 0 Å². The number of rotatable bonds is 4. The molecule has 2 aromatic heterocycles. The molecule has 2 atom stereocenters. The van der Waals surface area contributed by atoms with Crippen LogP contribution in [0.25, 0.3) is 11.6 Å². The Morgan fingerprint density at radius 2 is 2.12 bits per heavy atom. The van der Waals surface area contributed by atoms with E-state index in [2.05, 4.69) is 10.1 Å². The van der Waals surface area contributed by atoms with Crippen molar-refractivity contribution < 1.29 is 13.7 Å². The standard InChI is InChI=1S/C18H23N3O3/c22-17(21-10-9-13-4-1-2-5-14(13)12-21)8-7-16-19-18(20-24-16)15-6-3-11-23-15/h3,6,11,13-14H,1-2,4-5,7-10,12H2/t13-,14-/m1/s1. The number of likely N-dealkylation sites (tertiary alicyclic amines) is 1. The lowest BCUT2D eigenvalue weighted by Gasteiger charge is -2.41. The second-order valence-electron chi connectivity index (χ2n) is 6.92. The minimum absolute atomic E-state index is 0.205. The third-order valence-corrected chi connectivity index (χ3v) is 5.41. The summed E-state index contributed by atoms with van der Waals surface area (Å²) in [5.74, 6) is 3.26. The van der Waals surface area contributed by atoms with Gasteiger partial charge >= 0.3 is 0 Å². The molecule has 3 heterocycles. The number of hydrogen-bond acceptors (Lipinski definition) is 5. The van der Waals surface area contributed by atoms with E-state index in [1.54, 1.807) is 18.4 Å². The SMILES string of the molecule is O=C(CCc1nc(-c2ccco2)no1)N1CC[C@H]2CCCC[C@@H]2C1. The van der Waals surface area contributed by atoms with E-state index in [9.17, 15) is 4.79 Å². The van der Waals surface area contributed by atoms with Gasteiger partial charge in [-0.15, -0.1) is 0 Å². The largest absolute Gasteiger partial charge is 0.461 e. The van der Waals surface area contributed by atoms with Gasteiger partial charge in [0, 0.05) is 25.9 Å². The lowest BCUT2D eigenvalue weighted by atomic mass is 9.75. The molecule has 0 spiro atoms. The Kier molecular flexibility index (Phi) is 4.36. The van der Waals surface area contributed by atoms with Crippen molar-refractivity contribution in [3.8, 4) is 11.6 Å². The average molecular weight is 329 g/mol. The third-order valence-electron chi connectivity index (χ3n) is 5.41. The molecular formula is C18H23N3O3. The fraction of sp³-hybridized carbons (Fsp3) is 0.611. The van der Waals surface area contributed by atoms with Gasteiger partial charge in [0.25, 0.3) is 0 Å². The zero-order valence-corrected chi connectivity index (χ0v) is 13.8. The summed E-state index contributed by atoms with van der Waals surface area (Å²) in [5, 5.41) is 3.90. The van der Waals surface area contributed by atoms with Crippen LogP contribution in [0, 0.1) is 11.8 Å². The van der Waals surface area contributed by atoms with Crippen LogP contribution < -0.4 is 0 Å². The van der Waals surface area contributed by atoms with Crippen molar-refractivity contribution >= 4 is 5.91 Å². The maximum absolute atomic E-state index is 12.5.